The van der Waals surface area contributed by atoms with E-state index in [1.54, 1.807) is 6.08 Å². The number of rotatable bonds is 6. The molecule has 3 aromatic rings. The lowest BCUT2D eigenvalue weighted by molar-refractivity contribution is -0.131. The molecule has 1 fully saturated rings. The van der Waals surface area contributed by atoms with Gasteiger partial charge in [-0.05, 0) is 48.6 Å². The van der Waals surface area contributed by atoms with Crippen molar-refractivity contribution in [3.63, 3.8) is 0 Å². The van der Waals surface area contributed by atoms with Crippen LogP contribution in [0.25, 0.3) is 17.0 Å². The second-order valence-corrected chi connectivity index (χ2v) is 7.86. The van der Waals surface area contributed by atoms with Crippen LogP contribution < -0.4 is 0 Å². The van der Waals surface area contributed by atoms with Crippen LogP contribution in [0.2, 0.25) is 0 Å². The molecule has 0 unspecified atom stereocenters. The number of fused-ring (bicyclic) bond motifs is 1. The number of aromatic nitrogens is 1. The SMILES string of the molecule is Cc1[nH]c2ccccc2c1C[C@H]1C[C@H](O)CN1Cc1ccc(/C=C/C(=O)O)cc1. The van der Waals surface area contributed by atoms with Crippen molar-refractivity contribution < 1.29 is 15.0 Å². The van der Waals surface area contributed by atoms with Crippen molar-refractivity contribution in [1.29, 1.82) is 0 Å². The second-order valence-electron chi connectivity index (χ2n) is 7.86. The molecular weight excluding hydrogens is 364 g/mol. The number of aliphatic hydroxyl groups is 1. The predicted octanol–water partition coefficient (Wildman–Crippen LogP) is 3.75. The lowest BCUT2D eigenvalue weighted by Crippen LogP contribution is -2.31. The predicted molar refractivity (Wildman–Crippen MR) is 115 cm³/mol. The number of aryl methyl sites for hydroxylation is 1. The van der Waals surface area contributed by atoms with E-state index in [1.807, 2.05) is 30.3 Å². The molecule has 29 heavy (non-hydrogen) atoms. The molecule has 0 amide bonds. The highest BCUT2D eigenvalue weighted by molar-refractivity contribution is 5.85. The zero-order chi connectivity index (χ0) is 20.4. The van der Waals surface area contributed by atoms with E-state index in [4.69, 9.17) is 5.11 Å². The number of carbonyl (C=O) groups is 1. The lowest BCUT2D eigenvalue weighted by atomic mass is 10.00. The Morgan fingerprint density at radius 2 is 1.97 bits per heavy atom. The number of carboxylic acids is 1. The molecule has 2 aromatic carbocycles. The number of hydrogen-bond acceptors (Lipinski definition) is 3. The standard InChI is InChI=1S/C24H26N2O3/c1-16-22(21-4-2-3-5-23(21)25-16)13-19-12-20(27)15-26(19)14-18-8-6-17(7-9-18)10-11-24(28)29/h2-11,19-20,25,27H,12-15H2,1H3,(H,28,29)/b11-10+/t19-,20+/m1/s1. The fourth-order valence-electron chi connectivity index (χ4n) is 4.33. The summed E-state index contributed by atoms with van der Waals surface area (Å²) in [5.41, 5.74) is 5.71. The van der Waals surface area contributed by atoms with Gasteiger partial charge in [0.2, 0.25) is 0 Å². The molecule has 0 aliphatic carbocycles. The number of carboxylic acid groups (broad SMARTS) is 1. The van der Waals surface area contributed by atoms with E-state index in [0.717, 1.165) is 42.1 Å². The van der Waals surface area contributed by atoms with Gasteiger partial charge in [0.05, 0.1) is 6.10 Å². The summed E-state index contributed by atoms with van der Waals surface area (Å²) in [6.07, 6.45) is 4.12. The maximum absolute atomic E-state index is 10.7. The molecule has 2 heterocycles. The Hall–Kier alpha value is -2.89. The van der Waals surface area contributed by atoms with Crippen molar-refractivity contribution in [2.24, 2.45) is 0 Å². The monoisotopic (exact) mass is 390 g/mol. The van der Waals surface area contributed by atoms with Crippen molar-refractivity contribution in [1.82, 2.24) is 9.88 Å². The van der Waals surface area contributed by atoms with Crippen LogP contribution >= 0.6 is 0 Å². The van der Waals surface area contributed by atoms with Gasteiger partial charge in [-0.1, -0.05) is 42.5 Å². The van der Waals surface area contributed by atoms with Crippen LogP contribution in [0.3, 0.4) is 0 Å². The van der Waals surface area contributed by atoms with Gasteiger partial charge in [-0.15, -0.1) is 0 Å². The highest BCUT2D eigenvalue weighted by Crippen LogP contribution is 2.29. The number of aliphatic hydroxyl groups excluding tert-OH is 1. The third-order valence-corrected chi connectivity index (χ3v) is 5.76. The van der Waals surface area contributed by atoms with Crippen LogP contribution in [0.5, 0.6) is 0 Å². The number of β-amino-alcohol motifs (C(OH)–C–C–N with tert-alkyl or cyclic N) is 1. The minimum Gasteiger partial charge on any atom is -0.478 e. The summed E-state index contributed by atoms with van der Waals surface area (Å²) in [7, 11) is 0. The fourth-order valence-corrected chi connectivity index (χ4v) is 4.33. The van der Waals surface area contributed by atoms with Gasteiger partial charge in [0.25, 0.3) is 0 Å². The number of para-hydroxylation sites is 1. The fraction of sp³-hybridized carbons (Fsp3) is 0.292. The van der Waals surface area contributed by atoms with Gasteiger partial charge in [0.1, 0.15) is 0 Å². The normalized spacial score (nSPS) is 20.1. The minimum absolute atomic E-state index is 0.287. The summed E-state index contributed by atoms with van der Waals surface area (Å²) < 4.78 is 0. The number of H-pyrrole nitrogens is 1. The van der Waals surface area contributed by atoms with Gasteiger partial charge >= 0.3 is 5.97 Å². The molecule has 1 saturated heterocycles. The number of aromatic amines is 1. The number of likely N-dealkylation sites (tertiary alicyclic amines) is 1. The molecule has 1 aromatic heterocycles. The first-order valence-corrected chi connectivity index (χ1v) is 9.98. The number of hydrogen-bond donors (Lipinski definition) is 3. The van der Waals surface area contributed by atoms with Crippen molar-refractivity contribution in [3.8, 4) is 0 Å². The van der Waals surface area contributed by atoms with E-state index in [-0.39, 0.29) is 12.1 Å². The molecule has 1 aliphatic heterocycles. The average molecular weight is 390 g/mol. The Bertz CT molecular complexity index is 1040. The van der Waals surface area contributed by atoms with E-state index >= 15 is 0 Å². The highest BCUT2D eigenvalue weighted by Gasteiger charge is 2.31. The molecule has 1 aliphatic rings. The first kappa shape index (κ1) is 19.4. The van der Waals surface area contributed by atoms with E-state index in [2.05, 4.69) is 35.0 Å². The zero-order valence-electron chi connectivity index (χ0n) is 16.5. The number of benzene rings is 2. The number of nitrogens with one attached hydrogen (secondary N) is 1. The molecule has 0 saturated carbocycles. The van der Waals surface area contributed by atoms with Crippen LogP contribution in [-0.4, -0.2) is 44.8 Å². The smallest absolute Gasteiger partial charge is 0.328 e. The molecule has 2 atom stereocenters. The number of nitrogens with zero attached hydrogens (tertiary/aromatic N) is 1. The molecule has 5 nitrogen and oxygen atoms in total. The van der Waals surface area contributed by atoms with Gasteiger partial charge in [-0.25, -0.2) is 4.79 Å². The van der Waals surface area contributed by atoms with Gasteiger partial charge in [-0.2, -0.15) is 0 Å². The molecule has 0 bridgehead atoms. The Balaban J connectivity index is 1.49. The van der Waals surface area contributed by atoms with Gasteiger partial charge in [0.15, 0.2) is 0 Å². The summed E-state index contributed by atoms with van der Waals surface area (Å²) in [5, 5.41) is 20.3. The van der Waals surface area contributed by atoms with Crippen molar-refractivity contribution in [3.05, 3.63) is 77.0 Å². The Labute approximate surface area is 170 Å². The van der Waals surface area contributed by atoms with Gasteiger partial charge in [-0.3, -0.25) is 4.90 Å². The molecule has 5 heteroatoms. The second kappa shape index (κ2) is 8.23. The Morgan fingerprint density at radius 3 is 2.72 bits per heavy atom. The first-order valence-electron chi connectivity index (χ1n) is 9.98. The van der Waals surface area contributed by atoms with Crippen molar-refractivity contribution >= 4 is 22.9 Å². The summed E-state index contributed by atoms with van der Waals surface area (Å²) in [6, 6.07) is 16.6. The highest BCUT2D eigenvalue weighted by atomic mass is 16.4. The quantitative estimate of drug-likeness (QED) is 0.560. The molecule has 0 spiro atoms. The maximum Gasteiger partial charge on any atom is 0.328 e. The maximum atomic E-state index is 10.7. The zero-order valence-corrected chi connectivity index (χ0v) is 16.5. The third kappa shape index (κ3) is 4.42. The third-order valence-electron chi connectivity index (χ3n) is 5.76. The Morgan fingerprint density at radius 1 is 1.21 bits per heavy atom. The van der Waals surface area contributed by atoms with E-state index in [9.17, 15) is 9.90 Å². The molecule has 0 radical (unpaired) electrons. The van der Waals surface area contributed by atoms with Crippen LogP contribution in [0.4, 0.5) is 0 Å². The summed E-state index contributed by atoms with van der Waals surface area (Å²) in [5.74, 6) is -0.949. The summed E-state index contributed by atoms with van der Waals surface area (Å²) in [4.78, 5) is 16.5. The molecule has 150 valence electrons. The molecular formula is C24H26N2O3. The van der Waals surface area contributed by atoms with Gasteiger partial charge in [0, 0.05) is 41.8 Å². The van der Waals surface area contributed by atoms with E-state index < -0.39 is 5.97 Å². The molecule has 3 N–H and O–H groups in total. The topological polar surface area (TPSA) is 76.6 Å². The summed E-state index contributed by atoms with van der Waals surface area (Å²) >= 11 is 0. The van der Waals surface area contributed by atoms with E-state index in [0.29, 0.717) is 6.54 Å². The average Bonchev–Trinajstić information content (AvgIpc) is 3.20. The van der Waals surface area contributed by atoms with Gasteiger partial charge < -0.3 is 15.2 Å². The first-order chi connectivity index (χ1) is 14.0. The van der Waals surface area contributed by atoms with Crippen molar-refractivity contribution in [2.75, 3.05) is 6.54 Å². The lowest BCUT2D eigenvalue weighted by Gasteiger charge is -2.24. The van der Waals surface area contributed by atoms with Crippen molar-refractivity contribution in [2.45, 2.75) is 38.5 Å². The van der Waals surface area contributed by atoms with Crippen LogP contribution in [-0.2, 0) is 17.8 Å². The summed E-state index contributed by atoms with van der Waals surface area (Å²) in [6.45, 7) is 3.56. The van der Waals surface area contributed by atoms with Crippen LogP contribution in [0.15, 0.2) is 54.6 Å². The van der Waals surface area contributed by atoms with Crippen LogP contribution in [0.1, 0.15) is 28.8 Å². The van der Waals surface area contributed by atoms with Crippen LogP contribution in [0, 0.1) is 6.92 Å². The minimum atomic E-state index is -0.949. The Kier molecular flexibility index (Phi) is 5.51. The number of aliphatic carboxylic acids is 1. The molecule has 4 rings (SSSR count). The van der Waals surface area contributed by atoms with E-state index in [1.165, 1.54) is 16.6 Å². The largest absolute Gasteiger partial charge is 0.478 e.